The van der Waals surface area contributed by atoms with Crippen molar-refractivity contribution in [2.75, 3.05) is 0 Å². The minimum Gasteiger partial charge on any atom is -0.507 e. The molecule has 3 atom stereocenters. The molecule has 0 aliphatic rings. The average molecular weight is 367 g/mol. The normalized spacial score (nSPS) is 14.7. The third kappa shape index (κ3) is 6.23. The Labute approximate surface area is 164 Å². The van der Waals surface area contributed by atoms with E-state index < -0.39 is 0 Å². The molecule has 0 amide bonds. The zero-order valence-corrected chi connectivity index (χ0v) is 17.4. The summed E-state index contributed by atoms with van der Waals surface area (Å²) in [7, 11) is 0. The number of phenols is 1. The Kier molecular flexibility index (Phi) is 7.65. The summed E-state index contributed by atoms with van der Waals surface area (Å²) in [5.74, 6) is 2.43. The van der Waals surface area contributed by atoms with E-state index in [1.165, 1.54) is 12.8 Å². The molecule has 0 aromatic heterocycles. The molecule has 2 rings (SSSR count). The van der Waals surface area contributed by atoms with Gasteiger partial charge in [0.1, 0.15) is 5.75 Å². The van der Waals surface area contributed by atoms with Gasteiger partial charge in [0.15, 0.2) is 5.78 Å². The summed E-state index contributed by atoms with van der Waals surface area (Å²) < 4.78 is 0. The van der Waals surface area contributed by atoms with Crippen LogP contribution in [0.15, 0.2) is 48.5 Å². The highest BCUT2D eigenvalue weighted by Gasteiger charge is 2.18. The first-order valence-electron chi connectivity index (χ1n) is 10.2. The second kappa shape index (κ2) is 9.73. The van der Waals surface area contributed by atoms with Crippen LogP contribution in [0.1, 0.15) is 81.3 Å². The second-order valence-corrected chi connectivity index (χ2v) is 8.68. The van der Waals surface area contributed by atoms with E-state index in [-0.39, 0.29) is 11.5 Å². The van der Waals surface area contributed by atoms with Crippen molar-refractivity contribution in [1.29, 1.82) is 0 Å². The van der Waals surface area contributed by atoms with E-state index in [9.17, 15) is 9.90 Å². The number of benzene rings is 2. The maximum absolute atomic E-state index is 12.6. The molecule has 1 N–H and O–H groups in total. The van der Waals surface area contributed by atoms with E-state index in [0.29, 0.717) is 23.0 Å². The number of hydrogen-bond donors (Lipinski definition) is 1. The minimum absolute atomic E-state index is 0.0778. The summed E-state index contributed by atoms with van der Waals surface area (Å²) >= 11 is 0. The smallest absolute Gasteiger partial charge is 0.196 e. The first-order valence-corrected chi connectivity index (χ1v) is 10.2. The molecule has 2 aromatic rings. The fourth-order valence-electron chi connectivity index (χ4n) is 4.22. The van der Waals surface area contributed by atoms with Crippen molar-refractivity contribution in [2.24, 2.45) is 17.8 Å². The van der Waals surface area contributed by atoms with E-state index in [1.54, 1.807) is 24.3 Å². The van der Waals surface area contributed by atoms with Crippen LogP contribution in [0, 0.1) is 17.8 Å². The lowest BCUT2D eigenvalue weighted by Gasteiger charge is -2.22. The van der Waals surface area contributed by atoms with Crippen molar-refractivity contribution in [2.45, 2.75) is 59.8 Å². The molecule has 0 spiro atoms. The fraction of sp³-hybridized carbons (Fsp3) is 0.480. The Hall–Kier alpha value is -2.09. The summed E-state index contributed by atoms with van der Waals surface area (Å²) in [6.07, 6.45) is 3.60. The van der Waals surface area contributed by atoms with Crippen molar-refractivity contribution in [1.82, 2.24) is 0 Å². The Bertz CT molecular complexity index is 733. The third-order valence-corrected chi connectivity index (χ3v) is 5.31. The van der Waals surface area contributed by atoms with Gasteiger partial charge >= 0.3 is 0 Å². The first-order chi connectivity index (χ1) is 12.8. The zero-order chi connectivity index (χ0) is 20.0. The Morgan fingerprint density at radius 2 is 1.48 bits per heavy atom. The van der Waals surface area contributed by atoms with E-state index in [4.69, 9.17) is 0 Å². The molecule has 2 aromatic carbocycles. The van der Waals surface area contributed by atoms with Gasteiger partial charge in [-0.3, -0.25) is 4.79 Å². The van der Waals surface area contributed by atoms with Gasteiger partial charge in [-0.25, -0.2) is 0 Å². The van der Waals surface area contributed by atoms with Gasteiger partial charge in [-0.1, -0.05) is 71.0 Å². The van der Waals surface area contributed by atoms with Gasteiger partial charge < -0.3 is 5.11 Å². The fourth-order valence-corrected chi connectivity index (χ4v) is 4.22. The number of ketones is 1. The molecule has 0 heterocycles. The third-order valence-electron chi connectivity index (χ3n) is 5.31. The van der Waals surface area contributed by atoms with Crippen molar-refractivity contribution in [3.05, 3.63) is 65.2 Å². The number of aromatic hydroxyl groups is 1. The molecule has 2 heteroatoms. The average Bonchev–Trinajstić information content (AvgIpc) is 2.60. The van der Waals surface area contributed by atoms with Gasteiger partial charge in [0.05, 0.1) is 5.56 Å². The zero-order valence-electron chi connectivity index (χ0n) is 17.4. The van der Waals surface area contributed by atoms with E-state index in [1.807, 2.05) is 24.3 Å². The van der Waals surface area contributed by atoms with Gasteiger partial charge in [-0.05, 0) is 60.6 Å². The molecule has 0 radical (unpaired) electrons. The molecular formula is C25H34O2. The molecule has 0 aliphatic heterocycles. The summed E-state index contributed by atoms with van der Waals surface area (Å²) in [6.45, 7) is 11.4. The lowest BCUT2D eigenvalue weighted by molar-refractivity contribution is 0.103. The maximum atomic E-state index is 12.6. The number of carbonyl (C=O) groups is 1. The SMILES string of the molecule is CC(C)CC(C)CC(C)CC(C)c1ccc(C(=O)c2ccccc2)c(O)c1. The Morgan fingerprint density at radius 3 is 2.07 bits per heavy atom. The van der Waals surface area contributed by atoms with Crippen LogP contribution in [0.5, 0.6) is 5.75 Å². The van der Waals surface area contributed by atoms with Crippen molar-refractivity contribution in [3.63, 3.8) is 0 Å². The van der Waals surface area contributed by atoms with Crippen LogP contribution in [0.3, 0.4) is 0 Å². The number of phenolic OH excluding ortho intramolecular Hbond substituents is 1. The molecule has 0 saturated carbocycles. The van der Waals surface area contributed by atoms with Gasteiger partial charge in [0, 0.05) is 5.56 Å². The topological polar surface area (TPSA) is 37.3 Å². The maximum Gasteiger partial charge on any atom is 0.196 e. The molecule has 0 bridgehead atoms. The van der Waals surface area contributed by atoms with Crippen LogP contribution in [-0.2, 0) is 0 Å². The largest absolute Gasteiger partial charge is 0.507 e. The van der Waals surface area contributed by atoms with E-state index in [0.717, 1.165) is 23.8 Å². The number of hydrogen-bond acceptors (Lipinski definition) is 2. The molecule has 146 valence electrons. The molecule has 2 nitrogen and oxygen atoms in total. The van der Waals surface area contributed by atoms with Crippen LogP contribution in [0.2, 0.25) is 0 Å². The summed E-state index contributed by atoms with van der Waals surface area (Å²) in [4.78, 5) is 12.6. The van der Waals surface area contributed by atoms with Crippen LogP contribution >= 0.6 is 0 Å². The molecule has 0 saturated heterocycles. The molecule has 27 heavy (non-hydrogen) atoms. The number of carbonyl (C=O) groups excluding carboxylic acids is 1. The van der Waals surface area contributed by atoms with Gasteiger partial charge in [-0.2, -0.15) is 0 Å². The quantitative estimate of drug-likeness (QED) is 0.494. The van der Waals surface area contributed by atoms with Crippen LogP contribution in [-0.4, -0.2) is 10.9 Å². The standard InChI is InChI=1S/C25H34O2/c1-17(2)13-18(3)14-19(4)15-20(5)22-11-12-23(24(26)16-22)25(27)21-9-7-6-8-10-21/h6-12,16-20,26H,13-15H2,1-5H3. The lowest BCUT2D eigenvalue weighted by Crippen LogP contribution is -2.09. The predicted molar refractivity (Wildman–Crippen MR) is 113 cm³/mol. The summed E-state index contributed by atoms with van der Waals surface area (Å²) in [6, 6.07) is 14.6. The van der Waals surface area contributed by atoms with Crippen LogP contribution in [0.25, 0.3) is 0 Å². The second-order valence-electron chi connectivity index (χ2n) is 8.68. The van der Waals surface area contributed by atoms with Crippen molar-refractivity contribution in [3.8, 4) is 5.75 Å². The Morgan fingerprint density at radius 1 is 0.852 bits per heavy atom. The molecule has 0 fully saturated rings. The highest BCUT2D eigenvalue weighted by Crippen LogP contribution is 2.31. The highest BCUT2D eigenvalue weighted by atomic mass is 16.3. The molecule has 3 unspecified atom stereocenters. The van der Waals surface area contributed by atoms with Crippen LogP contribution in [0.4, 0.5) is 0 Å². The molecular weight excluding hydrogens is 332 g/mol. The van der Waals surface area contributed by atoms with Crippen LogP contribution < -0.4 is 0 Å². The summed E-state index contributed by atoms with van der Waals surface area (Å²) in [5, 5.41) is 10.4. The predicted octanol–water partition coefficient (Wildman–Crippen LogP) is 6.83. The van der Waals surface area contributed by atoms with E-state index in [2.05, 4.69) is 34.6 Å². The first kappa shape index (κ1) is 21.2. The minimum atomic E-state index is -0.136. The van der Waals surface area contributed by atoms with E-state index >= 15 is 0 Å². The van der Waals surface area contributed by atoms with Gasteiger partial charge in [0.2, 0.25) is 0 Å². The Balaban J connectivity index is 2.03. The van der Waals surface area contributed by atoms with Gasteiger partial charge in [-0.15, -0.1) is 0 Å². The van der Waals surface area contributed by atoms with Gasteiger partial charge in [0.25, 0.3) is 0 Å². The summed E-state index contributed by atoms with van der Waals surface area (Å²) in [5.41, 5.74) is 2.07. The lowest BCUT2D eigenvalue weighted by atomic mass is 9.83. The number of rotatable bonds is 9. The van der Waals surface area contributed by atoms with Crippen molar-refractivity contribution >= 4 is 5.78 Å². The van der Waals surface area contributed by atoms with Crippen molar-refractivity contribution < 1.29 is 9.90 Å². The monoisotopic (exact) mass is 366 g/mol. The molecule has 0 aliphatic carbocycles. The highest BCUT2D eigenvalue weighted by molar-refractivity contribution is 6.10.